The second-order valence-corrected chi connectivity index (χ2v) is 3.83. The first kappa shape index (κ1) is 10.1. The summed E-state index contributed by atoms with van der Waals surface area (Å²) in [6.45, 7) is 3.38. The molecule has 1 aliphatic heterocycles. The van der Waals surface area contributed by atoms with Gasteiger partial charge >= 0.3 is 0 Å². The molecule has 3 atom stereocenters. The van der Waals surface area contributed by atoms with Crippen molar-refractivity contribution >= 4 is 11.8 Å². The maximum Gasteiger partial charge on any atom is 0.239 e. The molecule has 0 aromatic carbocycles. The van der Waals surface area contributed by atoms with Crippen LogP contribution in [-0.4, -0.2) is 28.0 Å². The highest BCUT2D eigenvalue weighted by atomic mass is 16.3. The van der Waals surface area contributed by atoms with Crippen molar-refractivity contribution in [1.82, 2.24) is 4.90 Å². The highest BCUT2D eigenvalue weighted by molar-refractivity contribution is 6.06. The van der Waals surface area contributed by atoms with Gasteiger partial charge in [0.15, 0.2) is 6.23 Å². The lowest BCUT2D eigenvalue weighted by Crippen LogP contribution is -2.39. The maximum absolute atomic E-state index is 11.8. The average molecular weight is 207 g/mol. The van der Waals surface area contributed by atoms with Crippen molar-refractivity contribution in [2.75, 3.05) is 0 Å². The van der Waals surface area contributed by atoms with E-state index in [0.29, 0.717) is 6.42 Å². The van der Waals surface area contributed by atoms with Crippen molar-refractivity contribution in [3.63, 3.8) is 0 Å². The molecule has 1 fully saturated rings. The van der Waals surface area contributed by atoms with E-state index in [2.05, 4.69) is 6.58 Å². The minimum absolute atomic E-state index is 0.276. The van der Waals surface area contributed by atoms with Gasteiger partial charge in [0.2, 0.25) is 11.8 Å². The first-order valence-electron chi connectivity index (χ1n) is 5.01. The molecular formula is C11H13NO3. The SMILES string of the molecule is C=CC(O)N1C(=O)C2C=CCCC2C1=O. The number of fused-ring (bicyclic) bond motifs is 1. The topological polar surface area (TPSA) is 57.6 Å². The van der Waals surface area contributed by atoms with E-state index in [0.717, 1.165) is 11.3 Å². The van der Waals surface area contributed by atoms with Gasteiger partial charge < -0.3 is 5.11 Å². The van der Waals surface area contributed by atoms with Gasteiger partial charge in [0, 0.05) is 0 Å². The number of carbonyl (C=O) groups excluding carboxylic acids is 2. The lowest BCUT2D eigenvalue weighted by Gasteiger charge is -2.18. The monoisotopic (exact) mass is 207 g/mol. The van der Waals surface area contributed by atoms with Crippen LogP contribution in [-0.2, 0) is 9.59 Å². The lowest BCUT2D eigenvalue weighted by molar-refractivity contribution is -0.147. The summed E-state index contributed by atoms with van der Waals surface area (Å²) < 4.78 is 0. The number of hydrogen-bond donors (Lipinski definition) is 1. The number of nitrogens with zero attached hydrogens (tertiary/aromatic N) is 1. The second-order valence-electron chi connectivity index (χ2n) is 3.83. The summed E-state index contributed by atoms with van der Waals surface area (Å²) >= 11 is 0. The minimum atomic E-state index is -1.19. The molecule has 0 radical (unpaired) electrons. The van der Waals surface area contributed by atoms with Crippen molar-refractivity contribution in [1.29, 1.82) is 0 Å². The summed E-state index contributed by atoms with van der Waals surface area (Å²) in [5.41, 5.74) is 0. The van der Waals surface area contributed by atoms with Crippen LogP contribution in [0.5, 0.6) is 0 Å². The van der Waals surface area contributed by atoms with Crippen LogP contribution in [0.25, 0.3) is 0 Å². The van der Waals surface area contributed by atoms with Crippen molar-refractivity contribution in [2.24, 2.45) is 11.8 Å². The number of allylic oxidation sites excluding steroid dienone is 1. The second kappa shape index (κ2) is 3.62. The normalized spacial score (nSPS) is 31.7. The van der Waals surface area contributed by atoms with Crippen LogP contribution in [0.15, 0.2) is 24.8 Å². The quantitative estimate of drug-likeness (QED) is 0.528. The molecule has 0 spiro atoms. The van der Waals surface area contributed by atoms with Crippen LogP contribution >= 0.6 is 0 Å². The summed E-state index contributed by atoms with van der Waals surface area (Å²) in [6.07, 6.45) is 5.19. The zero-order valence-corrected chi connectivity index (χ0v) is 8.30. The first-order chi connectivity index (χ1) is 7.16. The van der Waals surface area contributed by atoms with E-state index in [1.165, 1.54) is 6.08 Å². The zero-order valence-electron chi connectivity index (χ0n) is 8.30. The minimum Gasteiger partial charge on any atom is -0.369 e. The van der Waals surface area contributed by atoms with E-state index in [1.54, 1.807) is 6.08 Å². The van der Waals surface area contributed by atoms with Crippen LogP contribution in [0.2, 0.25) is 0 Å². The van der Waals surface area contributed by atoms with Crippen LogP contribution in [0.1, 0.15) is 12.8 Å². The van der Waals surface area contributed by atoms with E-state index in [-0.39, 0.29) is 23.7 Å². The number of aliphatic hydroxyl groups excluding tert-OH is 1. The Labute approximate surface area is 87.9 Å². The Balaban J connectivity index is 2.30. The van der Waals surface area contributed by atoms with Crippen molar-refractivity contribution in [2.45, 2.75) is 19.1 Å². The highest BCUT2D eigenvalue weighted by Gasteiger charge is 2.48. The van der Waals surface area contributed by atoms with Gasteiger partial charge in [-0.2, -0.15) is 0 Å². The van der Waals surface area contributed by atoms with Crippen molar-refractivity contribution in [3.05, 3.63) is 24.8 Å². The predicted octanol–water partition coefficient (Wildman–Crippen LogP) is 0.442. The van der Waals surface area contributed by atoms with Gasteiger partial charge in [-0.1, -0.05) is 18.7 Å². The van der Waals surface area contributed by atoms with E-state index < -0.39 is 6.23 Å². The smallest absolute Gasteiger partial charge is 0.239 e. The molecule has 1 N–H and O–H groups in total. The van der Waals surface area contributed by atoms with E-state index in [4.69, 9.17) is 0 Å². The van der Waals surface area contributed by atoms with Crippen LogP contribution < -0.4 is 0 Å². The molecule has 4 heteroatoms. The first-order valence-corrected chi connectivity index (χ1v) is 5.01. The Bertz CT molecular complexity index is 348. The van der Waals surface area contributed by atoms with Crippen molar-refractivity contribution in [3.8, 4) is 0 Å². The molecule has 2 amide bonds. The standard InChI is InChI=1S/C11H13NO3/c1-2-9(13)12-10(14)7-5-3-4-6-8(7)11(12)15/h2-3,5,7-9,13H,1,4,6H2. The molecule has 1 saturated heterocycles. The fourth-order valence-corrected chi connectivity index (χ4v) is 2.18. The summed E-state index contributed by atoms with van der Waals surface area (Å²) in [5, 5.41) is 9.49. The number of amides is 2. The number of likely N-dealkylation sites (tertiary alicyclic amines) is 1. The molecule has 0 aromatic rings. The van der Waals surface area contributed by atoms with Gasteiger partial charge in [0.25, 0.3) is 0 Å². The van der Waals surface area contributed by atoms with Gasteiger partial charge in [0.1, 0.15) is 0 Å². The van der Waals surface area contributed by atoms with Gasteiger partial charge in [0.05, 0.1) is 11.8 Å². The number of hydrogen-bond acceptors (Lipinski definition) is 3. The van der Waals surface area contributed by atoms with Gasteiger partial charge in [-0.05, 0) is 18.9 Å². The molecule has 15 heavy (non-hydrogen) atoms. The zero-order chi connectivity index (χ0) is 11.0. The largest absolute Gasteiger partial charge is 0.369 e. The molecule has 2 rings (SSSR count). The fourth-order valence-electron chi connectivity index (χ4n) is 2.18. The Morgan fingerprint density at radius 1 is 1.53 bits per heavy atom. The number of carbonyl (C=O) groups is 2. The molecule has 2 aliphatic rings. The van der Waals surface area contributed by atoms with E-state index >= 15 is 0 Å². The van der Waals surface area contributed by atoms with Gasteiger partial charge in [-0.3, -0.25) is 14.5 Å². The Hall–Kier alpha value is -1.42. The van der Waals surface area contributed by atoms with Gasteiger partial charge in [-0.25, -0.2) is 0 Å². The third kappa shape index (κ3) is 1.41. The Kier molecular flexibility index (Phi) is 2.44. The molecule has 1 heterocycles. The summed E-state index contributed by atoms with van der Waals surface area (Å²) in [4.78, 5) is 24.5. The molecule has 3 unspecified atom stereocenters. The number of aliphatic hydroxyl groups is 1. The fraction of sp³-hybridized carbons (Fsp3) is 0.455. The molecule has 4 nitrogen and oxygen atoms in total. The molecule has 0 aromatic heterocycles. The van der Waals surface area contributed by atoms with Crippen LogP contribution in [0.3, 0.4) is 0 Å². The molecule has 0 saturated carbocycles. The van der Waals surface area contributed by atoms with Gasteiger partial charge in [-0.15, -0.1) is 0 Å². The predicted molar refractivity (Wildman–Crippen MR) is 53.4 cm³/mol. The Morgan fingerprint density at radius 3 is 2.87 bits per heavy atom. The third-order valence-corrected chi connectivity index (χ3v) is 2.97. The number of imide groups is 1. The molecule has 1 aliphatic carbocycles. The summed E-state index contributed by atoms with van der Waals surface area (Å²) in [5.74, 6) is -1.24. The number of rotatable bonds is 2. The average Bonchev–Trinajstić information content (AvgIpc) is 2.52. The Morgan fingerprint density at radius 2 is 2.27 bits per heavy atom. The van der Waals surface area contributed by atoms with Crippen LogP contribution in [0, 0.1) is 11.8 Å². The van der Waals surface area contributed by atoms with E-state index in [9.17, 15) is 14.7 Å². The van der Waals surface area contributed by atoms with E-state index in [1.807, 2.05) is 6.08 Å². The highest BCUT2D eigenvalue weighted by Crippen LogP contribution is 2.35. The van der Waals surface area contributed by atoms with Crippen LogP contribution in [0.4, 0.5) is 0 Å². The molecule has 0 bridgehead atoms. The summed E-state index contributed by atoms with van der Waals surface area (Å²) in [6, 6.07) is 0. The lowest BCUT2D eigenvalue weighted by atomic mass is 9.86. The molecular weight excluding hydrogens is 194 g/mol. The maximum atomic E-state index is 11.8. The van der Waals surface area contributed by atoms with Crippen molar-refractivity contribution < 1.29 is 14.7 Å². The third-order valence-electron chi connectivity index (χ3n) is 2.97. The summed E-state index contributed by atoms with van der Waals surface area (Å²) in [7, 11) is 0. The molecule has 80 valence electrons.